The van der Waals surface area contributed by atoms with E-state index in [2.05, 4.69) is 29.5 Å². The second-order valence-electron chi connectivity index (χ2n) is 5.27. The maximum absolute atomic E-state index is 4.09. The summed E-state index contributed by atoms with van der Waals surface area (Å²) in [5.41, 5.74) is 1.04. The molecule has 3 atom stereocenters. The number of aryl methyl sites for hydroxylation is 1. The topological polar surface area (TPSA) is 42.7 Å². The first-order chi connectivity index (χ1) is 7.65. The van der Waals surface area contributed by atoms with Gasteiger partial charge in [-0.3, -0.25) is 4.68 Å². The molecule has 2 rings (SSSR count). The summed E-state index contributed by atoms with van der Waals surface area (Å²) in [5.74, 6) is 1.67. The summed E-state index contributed by atoms with van der Waals surface area (Å²) in [7, 11) is 1.90. The van der Waals surface area contributed by atoms with E-state index in [9.17, 15) is 0 Å². The number of hydrogen-bond acceptors (Lipinski definition) is 3. The Morgan fingerprint density at radius 3 is 2.88 bits per heavy atom. The fourth-order valence-corrected chi connectivity index (χ4v) is 2.68. The highest BCUT2D eigenvalue weighted by atomic mass is 15.4. The Morgan fingerprint density at radius 2 is 2.25 bits per heavy atom. The molecule has 3 unspecified atom stereocenters. The first-order valence-corrected chi connectivity index (χ1v) is 6.23. The van der Waals surface area contributed by atoms with Crippen molar-refractivity contribution in [3.8, 4) is 0 Å². The zero-order valence-corrected chi connectivity index (χ0v) is 10.5. The van der Waals surface area contributed by atoms with Crippen molar-refractivity contribution in [1.29, 1.82) is 0 Å². The lowest BCUT2D eigenvalue weighted by atomic mass is 9.80. The van der Waals surface area contributed by atoms with Gasteiger partial charge in [0.05, 0.1) is 5.69 Å². The summed E-state index contributed by atoms with van der Waals surface area (Å²) in [4.78, 5) is 0. The van der Waals surface area contributed by atoms with Crippen molar-refractivity contribution in [2.24, 2.45) is 18.9 Å². The third kappa shape index (κ3) is 2.82. The lowest BCUT2D eigenvalue weighted by Crippen LogP contribution is -2.38. The van der Waals surface area contributed by atoms with Crippen molar-refractivity contribution in [3.05, 3.63) is 11.9 Å². The highest BCUT2D eigenvalue weighted by Crippen LogP contribution is 2.28. The van der Waals surface area contributed by atoms with Crippen molar-refractivity contribution in [2.75, 3.05) is 0 Å². The molecule has 0 spiro atoms. The molecule has 1 fully saturated rings. The Labute approximate surface area is 97.4 Å². The van der Waals surface area contributed by atoms with Crippen LogP contribution in [0, 0.1) is 11.8 Å². The maximum atomic E-state index is 4.09. The second-order valence-corrected chi connectivity index (χ2v) is 5.27. The monoisotopic (exact) mass is 222 g/mol. The van der Waals surface area contributed by atoms with Crippen LogP contribution in [-0.2, 0) is 13.6 Å². The maximum Gasteiger partial charge on any atom is 0.0964 e. The summed E-state index contributed by atoms with van der Waals surface area (Å²) < 4.78 is 1.75. The standard InChI is InChI=1S/C12H22N4/c1-9-4-5-12(10(2)6-9)13-7-11-8-16(3)15-14-11/h8-10,12-13H,4-7H2,1-3H3. The second kappa shape index (κ2) is 4.95. The molecule has 1 saturated carbocycles. The van der Waals surface area contributed by atoms with Gasteiger partial charge < -0.3 is 5.32 Å². The molecule has 0 radical (unpaired) electrons. The molecule has 90 valence electrons. The van der Waals surface area contributed by atoms with Crippen LogP contribution in [0.2, 0.25) is 0 Å². The molecule has 0 amide bonds. The highest BCUT2D eigenvalue weighted by Gasteiger charge is 2.24. The Morgan fingerprint density at radius 1 is 1.44 bits per heavy atom. The largest absolute Gasteiger partial charge is 0.308 e. The van der Waals surface area contributed by atoms with Crippen LogP contribution in [0.4, 0.5) is 0 Å². The van der Waals surface area contributed by atoms with Gasteiger partial charge in [0.25, 0.3) is 0 Å². The molecule has 1 N–H and O–H groups in total. The predicted octanol–water partition coefficient (Wildman–Crippen LogP) is 1.73. The lowest BCUT2D eigenvalue weighted by Gasteiger charge is -2.33. The molecule has 1 aliphatic carbocycles. The molecule has 0 aliphatic heterocycles. The Bertz CT molecular complexity index is 334. The summed E-state index contributed by atoms with van der Waals surface area (Å²) in [5, 5.41) is 11.6. The van der Waals surface area contributed by atoms with Gasteiger partial charge in [0.2, 0.25) is 0 Å². The van der Waals surface area contributed by atoms with Crippen molar-refractivity contribution >= 4 is 0 Å². The van der Waals surface area contributed by atoms with E-state index < -0.39 is 0 Å². The van der Waals surface area contributed by atoms with Crippen LogP contribution in [0.3, 0.4) is 0 Å². The first-order valence-electron chi connectivity index (χ1n) is 6.23. The van der Waals surface area contributed by atoms with Gasteiger partial charge in [0.1, 0.15) is 0 Å². The van der Waals surface area contributed by atoms with E-state index in [-0.39, 0.29) is 0 Å². The summed E-state index contributed by atoms with van der Waals surface area (Å²) in [6.07, 6.45) is 5.96. The number of aromatic nitrogens is 3. The van der Waals surface area contributed by atoms with Gasteiger partial charge in [-0.15, -0.1) is 5.10 Å². The zero-order valence-electron chi connectivity index (χ0n) is 10.5. The van der Waals surface area contributed by atoms with Gasteiger partial charge in [0.15, 0.2) is 0 Å². The molecule has 1 aromatic rings. The van der Waals surface area contributed by atoms with Gasteiger partial charge >= 0.3 is 0 Å². The quantitative estimate of drug-likeness (QED) is 0.847. The molecule has 1 heterocycles. The van der Waals surface area contributed by atoms with E-state index in [1.54, 1.807) is 4.68 Å². The third-order valence-corrected chi connectivity index (χ3v) is 3.63. The summed E-state index contributed by atoms with van der Waals surface area (Å²) in [6.45, 7) is 5.55. The smallest absolute Gasteiger partial charge is 0.0964 e. The zero-order chi connectivity index (χ0) is 11.5. The molecule has 0 saturated heterocycles. The van der Waals surface area contributed by atoms with Crippen LogP contribution >= 0.6 is 0 Å². The van der Waals surface area contributed by atoms with Gasteiger partial charge in [-0.2, -0.15) is 0 Å². The normalized spacial score (nSPS) is 30.6. The average Bonchev–Trinajstić information content (AvgIpc) is 2.63. The summed E-state index contributed by atoms with van der Waals surface area (Å²) in [6, 6.07) is 0.651. The average molecular weight is 222 g/mol. The van der Waals surface area contributed by atoms with Crippen LogP contribution in [0.15, 0.2) is 6.20 Å². The molecule has 1 aliphatic rings. The highest BCUT2D eigenvalue weighted by molar-refractivity contribution is 4.92. The van der Waals surface area contributed by atoms with E-state index in [0.717, 1.165) is 24.1 Å². The minimum atomic E-state index is 0.651. The Kier molecular flexibility index (Phi) is 3.59. The third-order valence-electron chi connectivity index (χ3n) is 3.63. The minimum absolute atomic E-state index is 0.651. The molecule has 16 heavy (non-hydrogen) atoms. The van der Waals surface area contributed by atoms with Crippen LogP contribution in [0.25, 0.3) is 0 Å². The van der Waals surface area contributed by atoms with Crippen LogP contribution in [0.5, 0.6) is 0 Å². The summed E-state index contributed by atoms with van der Waals surface area (Å²) >= 11 is 0. The molecular formula is C12H22N4. The van der Waals surface area contributed by atoms with E-state index in [4.69, 9.17) is 0 Å². The van der Waals surface area contributed by atoms with Crippen molar-refractivity contribution in [2.45, 2.75) is 45.7 Å². The van der Waals surface area contributed by atoms with Crippen LogP contribution in [-0.4, -0.2) is 21.0 Å². The van der Waals surface area contributed by atoms with Gasteiger partial charge in [-0.1, -0.05) is 19.1 Å². The number of hydrogen-bond donors (Lipinski definition) is 1. The van der Waals surface area contributed by atoms with Gasteiger partial charge in [-0.05, 0) is 31.1 Å². The van der Waals surface area contributed by atoms with E-state index in [0.29, 0.717) is 6.04 Å². The fraction of sp³-hybridized carbons (Fsp3) is 0.833. The molecular weight excluding hydrogens is 200 g/mol. The van der Waals surface area contributed by atoms with E-state index in [1.165, 1.54) is 19.3 Å². The molecule has 1 aromatic heterocycles. The minimum Gasteiger partial charge on any atom is -0.308 e. The SMILES string of the molecule is CC1CCC(NCc2cn(C)nn2)C(C)C1. The van der Waals surface area contributed by atoms with Crippen molar-refractivity contribution in [3.63, 3.8) is 0 Å². The van der Waals surface area contributed by atoms with Crippen molar-refractivity contribution in [1.82, 2.24) is 20.3 Å². The molecule has 0 aromatic carbocycles. The number of nitrogens with zero attached hydrogens (tertiary/aromatic N) is 3. The van der Waals surface area contributed by atoms with Gasteiger partial charge in [-0.25, -0.2) is 0 Å². The molecule has 4 heteroatoms. The van der Waals surface area contributed by atoms with Crippen molar-refractivity contribution < 1.29 is 0 Å². The molecule has 0 bridgehead atoms. The fourth-order valence-electron chi connectivity index (χ4n) is 2.68. The Balaban J connectivity index is 1.81. The van der Waals surface area contributed by atoms with E-state index in [1.807, 2.05) is 13.2 Å². The van der Waals surface area contributed by atoms with E-state index >= 15 is 0 Å². The predicted molar refractivity (Wildman–Crippen MR) is 63.8 cm³/mol. The number of nitrogens with one attached hydrogen (secondary N) is 1. The lowest BCUT2D eigenvalue weighted by molar-refractivity contribution is 0.226. The van der Waals surface area contributed by atoms with Crippen LogP contribution in [0.1, 0.15) is 38.8 Å². The van der Waals surface area contributed by atoms with Gasteiger partial charge in [0, 0.05) is 25.8 Å². The first kappa shape index (κ1) is 11.6. The van der Waals surface area contributed by atoms with Crippen LogP contribution < -0.4 is 5.32 Å². The molecule has 4 nitrogen and oxygen atoms in total. The Hall–Kier alpha value is -0.900. The number of rotatable bonds is 3.